The molecule has 1 aromatic rings. The number of carboxylic acid groups (broad SMARTS) is 1. The first kappa shape index (κ1) is 17.5. The Balaban J connectivity index is 3.26. The van der Waals surface area contributed by atoms with Gasteiger partial charge < -0.3 is 20.4 Å². The maximum absolute atomic E-state index is 13.2. The van der Waals surface area contributed by atoms with Crippen LogP contribution in [0.5, 0.6) is 0 Å². The molecule has 0 aliphatic carbocycles. The van der Waals surface area contributed by atoms with Crippen LogP contribution in [-0.2, 0) is 10.0 Å². The largest absolute Gasteiger partial charge is 0.478 e. The molecule has 0 saturated carbocycles. The van der Waals surface area contributed by atoms with Gasteiger partial charge in [-0.2, -0.15) is 4.72 Å². The minimum atomic E-state index is -4.39. The number of aliphatic hydroxyl groups is 3. The lowest BCUT2D eigenvalue weighted by atomic mass is 10.1. The molecule has 5 N–H and O–H groups in total. The summed E-state index contributed by atoms with van der Waals surface area (Å²) in [6, 6.07) is 2.08. The summed E-state index contributed by atoms with van der Waals surface area (Å²) in [6.45, 7) is -2.69. The zero-order valence-corrected chi connectivity index (χ0v) is 11.5. The molecule has 0 aliphatic rings. The highest BCUT2D eigenvalue weighted by molar-refractivity contribution is 7.89. The molecule has 0 aliphatic heterocycles. The maximum atomic E-state index is 13.2. The van der Waals surface area contributed by atoms with Gasteiger partial charge in [-0.3, -0.25) is 0 Å². The highest BCUT2D eigenvalue weighted by Gasteiger charge is 2.34. The van der Waals surface area contributed by atoms with Crippen molar-refractivity contribution in [2.45, 2.75) is 10.4 Å². The molecule has 118 valence electrons. The minimum absolute atomic E-state index is 0.582. The van der Waals surface area contributed by atoms with Crippen LogP contribution in [0.3, 0.4) is 0 Å². The van der Waals surface area contributed by atoms with E-state index in [0.29, 0.717) is 12.1 Å². The SMILES string of the molecule is O=C(O)c1cc(S(=O)(=O)NC(CO)(CO)CO)ccc1F. The van der Waals surface area contributed by atoms with Crippen molar-refractivity contribution in [2.24, 2.45) is 0 Å². The Kier molecular flexibility index (Phi) is 5.36. The number of halogens is 1. The van der Waals surface area contributed by atoms with E-state index in [-0.39, 0.29) is 0 Å². The zero-order valence-electron chi connectivity index (χ0n) is 10.7. The maximum Gasteiger partial charge on any atom is 0.338 e. The van der Waals surface area contributed by atoms with Crippen molar-refractivity contribution >= 4 is 16.0 Å². The topological polar surface area (TPSA) is 144 Å². The lowest BCUT2D eigenvalue weighted by molar-refractivity contribution is 0.0581. The third-order valence-electron chi connectivity index (χ3n) is 2.74. The first-order chi connectivity index (χ1) is 9.71. The number of hydrogen-bond donors (Lipinski definition) is 5. The second-order valence-corrected chi connectivity index (χ2v) is 5.99. The number of aromatic carboxylic acids is 1. The third-order valence-corrected chi connectivity index (χ3v) is 4.31. The van der Waals surface area contributed by atoms with Crippen LogP contribution in [0.15, 0.2) is 23.1 Å². The number of benzene rings is 1. The van der Waals surface area contributed by atoms with Crippen molar-refractivity contribution in [1.29, 1.82) is 0 Å². The van der Waals surface area contributed by atoms with Gasteiger partial charge in [0, 0.05) is 0 Å². The van der Waals surface area contributed by atoms with E-state index < -0.39 is 57.6 Å². The smallest absolute Gasteiger partial charge is 0.338 e. The average Bonchev–Trinajstić information content (AvgIpc) is 2.44. The summed E-state index contributed by atoms with van der Waals surface area (Å²) in [5, 5.41) is 36.0. The van der Waals surface area contributed by atoms with E-state index in [1.165, 1.54) is 0 Å². The van der Waals surface area contributed by atoms with Crippen LogP contribution in [-0.4, -0.2) is 60.2 Å². The second-order valence-electron chi connectivity index (χ2n) is 4.31. The molecular weight excluding hydrogens is 309 g/mol. The number of nitrogens with one attached hydrogen (secondary N) is 1. The molecule has 21 heavy (non-hydrogen) atoms. The summed E-state index contributed by atoms with van der Waals surface area (Å²) in [5.41, 5.74) is -2.77. The lowest BCUT2D eigenvalue weighted by Gasteiger charge is -2.28. The van der Waals surface area contributed by atoms with E-state index in [4.69, 9.17) is 20.4 Å². The van der Waals surface area contributed by atoms with Gasteiger partial charge in [-0.1, -0.05) is 0 Å². The summed E-state index contributed by atoms with van der Waals surface area (Å²) >= 11 is 0. The molecule has 0 saturated heterocycles. The standard InChI is InChI=1S/C11H14FNO7S/c12-9-2-1-7(3-8(9)10(17)18)21(19,20)13-11(4-14,5-15)6-16/h1-3,13-16H,4-6H2,(H,17,18). The van der Waals surface area contributed by atoms with Crippen molar-refractivity contribution < 1.29 is 38.0 Å². The molecule has 0 fully saturated rings. The number of carboxylic acids is 1. The van der Waals surface area contributed by atoms with Crippen molar-refractivity contribution in [3.63, 3.8) is 0 Å². The van der Waals surface area contributed by atoms with Gasteiger partial charge in [-0.15, -0.1) is 0 Å². The normalized spacial score (nSPS) is 12.4. The molecule has 1 aromatic carbocycles. The Morgan fingerprint density at radius 2 is 1.71 bits per heavy atom. The van der Waals surface area contributed by atoms with Crippen LogP contribution in [0.1, 0.15) is 10.4 Å². The van der Waals surface area contributed by atoms with Crippen LogP contribution in [0.4, 0.5) is 4.39 Å². The highest BCUT2D eigenvalue weighted by atomic mass is 32.2. The van der Waals surface area contributed by atoms with Crippen LogP contribution in [0.2, 0.25) is 0 Å². The monoisotopic (exact) mass is 323 g/mol. The summed E-state index contributed by atoms with van der Waals surface area (Å²) in [7, 11) is -4.39. The fourth-order valence-electron chi connectivity index (χ4n) is 1.43. The Labute approximate surface area is 119 Å². The molecular formula is C11H14FNO7S. The number of rotatable bonds is 7. The Morgan fingerprint density at radius 3 is 2.14 bits per heavy atom. The minimum Gasteiger partial charge on any atom is -0.478 e. The Morgan fingerprint density at radius 1 is 1.19 bits per heavy atom. The highest BCUT2D eigenvalue weighted by Crippen LogP contribution is 2.17. The molecule has 0 aromatic heterocycles. The Hall–Kier alpha value is -1.59. The van der Waals surface area contributed by atoms with Gasteiger partial charge in [0.2, 0.25) is 10.0 Å². The molecule has 1 rings (SSSR count). The molecule has 8 nitrogen and oxygen atoms in total. The lowest BCUT2D eigenvalue weighted by Crippen LogP contribution is -2.56. The number of aliphatic hydroxyl groups excluding tert-OH is 3. The third kappa shape index (κ3) is 3.74. The van der Waals surface area contributed by atoms with Crippen molar-refractivity contribution in [2.75, 3.05) is 19.8 Å². The zero-order chi connectivity index (χ0) is 16.3. The van der Waals surface area contributed by atoms with Gasteiger partial charge in [0.25, 0.3) is 0 Å². The predicted molar refractivity (Wildman–Crippen MR) is 67.7 cm³/mol. The van der Waals surface area contributed by atoms with E-state index in [2.05, 4.69) is 0 Å². The number of carbonyl (C=O) groups is 1. The van der Waals surface area contributed by atoms with Crippen molar-refractivity contribution in [3.8, 4) is 0 Å². The van der Waals surface area contributed by atoms with Gasteiger partial charge >= 0.3 is 5.97 Å². The first-order valence-corrected chi connectivity index (χ1v) is 7.09. The quantitative estimate of drug-likeness (QED) is 0.411. The summed E-state index contributed by atoms with van der Waals surface area (Å²) in [6.07, 6.45) is 0. The average molecular weight is 323 g/mol. The van der Waals surface area contributed by atoms with Gasteiger partial charge in [-0.05, 0) is 18.2 Å². The number of hydrogen-bond acceptors (Lipinski definition) is 6. The molecule has 0 bridgehead atoms. The van der Waals surface area contributed by atoms with Gasteiger partial charge in [0.1, 0.15) is 11.4 Å². The molecule has 0 radical (unpaired) electrons. The van der Waals surface area contributed by atoms with E-state index >= 15 is 0 Å². The molecule has 0 heterocycles. The first-order valence-electron chi connectivity index (χ1n) is 5.61. The molecule has 10 heteroatoms. The number of sulfonamides is 1. The van der Waals surface area contributed by atoms with Crippen molar-refractivity contribution in [1.82, 2.24) is 4.72 Å². The van der Waals surface area contributed by atoms with Gasteiger partial charge in [0.15, 0.2) is 0 Å². The van der Waals surface area contributed by atoms with Crippen LogP contribution in [0.25, 0.3) is 0 Å². The van der Waals surface area contributed by atoms with E-state index in [9.17, 15) is 17.6 Å². The molecule has 0 amide bonds. The van der Waals surface area contributed by atoms with Crippen LogP contribution >= 0.6 is 0 Å². The molecule has 0 spiro atoms. The Bertz CT molecular complexity index is 619. The summed E-state index contributed by atoms with van der Waals surface area (Å²) in [5.74, 6) is -2.76. The van der Waals surface area contributed by atoms with Gasteiger partial charge in [-0.25, -0.2) is 17.6 Å². The fraction of sp³-hybridized carbons (Fsp3) is 0.364. The predicted octanol–water partition coefficient (Wildman–Crippen LogP) is -1.48. The van der Waals surface area contributed by atoms with Crippen molar-refractivity contribution in [3.05, 3.63) is 29.6 Å². The summed E-state index contributed by atoms with van der Waals surface area (Å²) in [4.78, 5) is 10.2. The van der Waals surface area contributed by atoms with Crippen LogP contribution < -0.4 is 4.72 Å². The molecule has 0 unspecified atom stereocenters. The van der Waals surface area contributed by atoms with E-state index in [0.717, 1.165) is 6.07 Å². The fourth-order valence-corrected chi connectivity index (χ4v) is 2.83. The second kappa shape index (κ2) is 6.45. The van der Waals surface area contributed by atoms with Gasteiger partial charge in [0.05, 0.1) is 30.3 Å². The molecule has 0 atom stereocenters. The van der Waals surface area contributed by atoms with E-state index in [1.807, 2.05) is 4.72 Å². The van der Waals surface area contributed by atoms with Crippen LogP contribution in [0, 0.1) is 5.82 Å². The summed E-state index contributed by atoms with van der Waals surface area (Å²) < 4.78 is 39.2. The van der Waals surface area contributed by atoms with E-state index in [1.54, 1.807) is 0 Å².